The van der Waals surface area contributed by atoms with Crippen LogP contribution in [0.3, 0.4) is 0 Å². The second kappa shape index (κ2) is 10.7. The van der Waals surface area contributed by atoms with Gasteiger partial charge < -0.3 is 0 Å². The molecule has 0 saturated carbocycles. The van der Waals surface area contributed by atoms with E-state index in [0.717, 1.165) is 33.4 Å². The summed E-state index contributed by atoms with van der Waals surface area (Å²) in [6.07, 6.45) is 0. The van der Waals surface area contributed by atoms with Gasteiger partial charge in [-0.25, -0.2) is 9.36 Å². The predicted molar refractivity (Wildman–Crippen MR) is 171 cm³/mol. The van der Waals surface area contributed by atoms with Crippen LogP contribution in [0.1, 0.15) is 0 Å². The zero-order valence-electron chi connectivity index (χ0n) is 22.7. The lowest BCUT2D eigenvalue weighted by Crippen LogP contribution is -2.38. The van der Waals surface area contributed by atoms with Gasteiger partial charge in [0, 0.05) is 0 Å². The Bertz CT molecular complexity index is 2090. The molecule has 0 radical (unpaired) electrons. The number of benzene rings is 6. The Hall–Kier alpha value is -5.74. The van der Waals surface area contributed by atoms with Crippen LogP contribution in [0.4, 0.5) is 0 Å². The molecule has 42 heavy (non-hydrogen) atoms. The third kappa shape index (κ3) is 4.55. The van der Waals surface area contributed by atoms with Crippen LogP contribution in [0.2, 0.25) is 0 Å². The standard InChI is InChI=1S/C38H26N2O2/c41-37-35-26-29(32-24-30(27-13-5-1-6-14-27)23-31(25-32)28-15-7-2-8-16-28)21-22-36(35)39(33-17-9-3-10-18-33)38(42)40(37)34-19-11-4-12-20-34/h1-26H. The molecular weight excluding hydrogens is 516 g/mol. The summed E-state index contributed by atoms with van der Waals surface area (Å²) < 4.78 is 2.87. The van der Waals surface area contributed by atoms with Crippen molar-refractivity contribution in [2.24, 2.45) is 0 Å². The lowest BCUT2D eigenvalue weighted by atomic mass is 9.93. The van der Waals surface area contributed by atoms with Crippen LogP contribution in [-0.4, -0.2) is 9.13 Å². The fourth-order valence-electron chi connectivity index (χ4n) is 5.51. The summed E-state index contributed by atoms with van der Waals surface area (Å²) in [5.41, 5.74) is 7.31. The van der Waals surface area contributed by atoms with E-state index < -0.39 is 5.69 Å². The smallest absolute Gasteiger partial charge is 0.268 e. The van der Waals surface area contributed by atoms with Crippen LogP contribution in [0.25, 0.3) is 55.7 Å². The number of hydrogen-bond donors (Lipinski definition) is 0. The Labute approximate surface area is 243 Å². The lowest BCUT2D eigenvalue weighted by molar-refractivity contribution is 0.835. The van der Waals surface area contributed by atoms with Gasteiger partial charge in [-0.1, -0.05) is 103 Å². The molecule has 0 amide bonds. The number of para-hydroxylation sites is 2. The summed E-state index contributed by atoms with van der Waals surface area (Å²) in [6.45, 7) is 0. The van der Waals surface area contributed by atoms with Crippen LogP contribution in [0, 0.1) is 0 Å². The SMILES string of the molecule is O=c1c2cc(-c3cc(-c4ccccc4)cc(-c4ccccc4)c3)ccc2n(-c2ccccc2)c(=O)n1-c1ccccc1. The van der Waals surface area contributed by atoms with E-state index in [2.05, 4.69) is 42.5 Å². The van der Waals surface area contributed by atoms with E-state index in [9.17, 15) is 9.59 Å². The monoisotopic (exact) mass is 542 g/mol. The molecule has 1 heterocycles. The lowest BCUT2D eigenvalue weighted by Gasteiger charge is -2.16. The molecule has 200 valence electrons. The molecule has 7 aromatic rings. The van der Waals surface area contributed by atoms with Crippen molar-refractivity contribution in [3.63, 3.8) is 0 Å². The van der Waals surface area contributed by atoms with Crippen molar-refractivity contribution >= 4 is 10.9 Å². The highest BCUT2D eigenvalue weighted by Crippen LogP contribution is 2.34. The predicted octanol–water partition coefficient (Wildman–Crippen LogP) is 8.14. The topological polar surface area (TPSA) is 44.0 Å². The Morgan fingerprint density at radius 2 is 0.786 bits per heavy atom. The average Bonchev–Trinajstić information content (AvgIpc) is 3.06. The second-order valence-corrected chi connectivity index (χ2v) is 10.2. The number of rotatable bonds is 5. The molecule has 0 spiro atoms. The number of fused-ring (bicyclic) bond motifs is 1. The molecule has 7 rings (SSSR count). The van der Waals surface area contributed by atoms with Gasteiger partial charge in [0.1, 0.15) is 0 Å². The van der Waals surface area contributed by atoms with Gasteiger partial charge in [0.2, 0.25) is 0 Å². The quantitative estimate of drug-likeness (QED) is 0.220. The van der Waals surface area contributed by atoms with E-state index >= 15 is 0 Å². The highest BCUT2D eigenvalue weighted by Gasteiger charge is 2.17. The van der Waals surface area contributed by atoms with Crippen LogP contribution >= 0.6 is 0 Å². The molecular formula is C38H26N2O2. The van der Waals surface area contributed by atoms with Gasteiger partial charge in [-0.3, -0.25) is 9.36 Å². The third-order valence-corrected chi connectivity index (χ3v) is 7.56. The van der Waals surface area contributed by atoms with Gasteiger partial charge in [0.25, 0.3) is 5.56 Å². The van der Waals surface area contributed by atoms with Gasteiger partial charge >= 0.3 is 5.69 Å². The third-order valence-electron chi connectivity index (χ3n) is 7.56. The number of hydrogen-bond acceptors (Lipinski definition) is 2. The first-order chi connectivity index (χ1) is 20.7. The summed E-state index contributed by atoms with van der Waals surface area (Å²) in [7, 11) is 0. The van der Waals surface area contributed by atoms with Gasteiger partial charge in [-0.15, -0.1) is 0 Å². The minimum absolute atomic E-state index is 0.349. The van der Waals surface area contributed by atoms with E-state index in [4.69, 9.17) is 0 Å². The minimum Gasteiger partial charge on any atom is -0.268 e. The van der Waals surface area contributed by atoms with Gasteiger partial charge in [-0.05, 0) is 88.0 Å². The van der Waals surface area contributed by atoms with Gasteiger partial charge in [-0.2, -0.15) is 0 Å². The molecule has 0 bridgehead atoms. The first kappa shape index (κ1) is 25.2. The minimum atomic E-state index is -0.407. The van der Waals surface area contributed by atoms with Crippen molar-refractivity contribution in [3.8, 4) is 44.8 Å². The molecule has 4 nitrogen and oxygen atoms in total. The van der Waals surface area contributed by atoms with Gasteiger partial charge in [0.15, 0.2) is 0 Å². The van der Waals surface area contributed by atoms with Crippen LogP contribution in [0.15, 0.2) is 167 Å². The Balaban J connectivity index is 1.51. The van der Waals surface area contributed by atoms with Crippen LogP contribution in [-0.2, 0) is 0 Å². The molecule has 0 N–H and O–H groups in total. The molecule has 0 fully saturated rings. The fraction of sp³-hybridized carbons (Fsp3) is 0. The van der Waals surface area contributed by atoms with Crippen molar-refractivity contribution in [2.75, 3.05) is 0 Å². The fourth-order valence-corrected chi connectivity index (χ4v) is 5.51. The van der Waals surface area contributed by atoms with E-state index in [0.29, 0.717) is 22.3 Å². The normalized spacial score (nSPS) is 11.0. The maximum Gasteiger partial charge on any atom is 0.340 e. The van der Waals surface area contributed by atoms with E-state index in [1.807, 2.05) is 103 Å². The molecule has 6 aromatic carbocycles. The van der Waals surface area contributed by atoms with Crippen molar-refractivity contribution in [3.05, 3.63) is 179 Å². The summed E-state index contributed by atoms with van der Waals surface area (Å²) in [5.74, 6) is 0. The van der Waals surface area contributed by atoms with E-state index in [1.165, 1.54) is 4.57 Å². The summed E-state index contributed by atoms with van der Waals surface area (Å²) in [6, 6.07) is 51.4. The van der Waals surface area contributed by atoms with Crippen LogP contribution in [0.5, 0.6) is 0 Å². The highest BCUT2D eigenvalue weighted by atomic mass is 16.2. The second-order valence-electron chi connectivity index (χ2n) is 10.2. The van der Waals surface area contributed by atoms with E-state index in [1.54, 1.807) is 16.7 Å². The molecule has 4 heteroatoms. The molecule has 0 aliphatic carbocycles. The molecule has 0 unspecified atom stereocenters. The summed E-state index contributed by atoms with van der Waals surface area (Å²) in [5, 5.41) is 0.464. The largest absolute Gasteiger partial charge is 0.340 e. The molecule has 0 aliphatic heterocycles. The first-order valence-corrected chi connectivity index (χ1v) is 13.9. The highest BCUT2D eigenvalue weighted by molar-refractivity contribution is 5.88. The van der Waals surface area contributed by atoms with E-state index in [-0.39, 0.29) is 5.56 Å². The van der Waals surface area contributed by atoms with Crippen molar-refractivity contribution in [1.29, 1.82) is 0 Å². The zero-order valence-corrected chi connectivity index (χ0v) is 22.7. The first-order valence-electron chi connectivity index (χ1n) is 13.9. The zero-order chi connectivity index (χ0) is 28.5. The average molecular weight is 543 g/mol. The number of nitrogens with zero attached hydrogens (tertiary/aromatic N) is 2. The Morgan fingerprint density at radius 3 is 1.29 bits per heavy atom. The molecule has 0 saturated heterocycles. The molecule has 0 aliphatic rings. The molecule has 1 aromatic heterocycles. The van der Waals surface area contributed by atoms with Gasteiger partial charge in [0.05, 0.1) is 22.3 Å². The maximum absolute atomic E-state index is 14.0. The summed E-state index contributed by atoms with van der Waals surface area (Å²) in [4.78, 5) is 27.9. The summed E-state index contributed by atoms with van der Waals surface area (Å²) >= 11 is 0. The Kier molecular flexibility index (Phi) is 6.42. The maximum atomic E-state index is 14.0. The van der Waals surface area contributed by atoms with Crippen molar-refractivity contribution in [2.45, 2.75) is 0 Å². The van der Waals surface area contributed by atoms with Crippen molar-refractivity contribution < 1.29 is 0 Å². The van der Waals surface area contributed by atoms with Crippen LogP contribution < -0.4 is 11.2 Å². The number of aromatic nitrogens is 2. The molecule has 0 atom stereocenters. The Morgan fingerprint density at radius 1 is 0.357 bits per heavy atom. The van der Waals surface area contributed by atoms with Crippen molar-refractivity contribution in [1.82, 2.24) is 9.13 Å².